The molecule has 0 saturated carbocycles. The average Bonchev–Trinajstić information content (AvgIpc) is 2.89. The van der Waals surface area contributed by atoms with Gasteiger partial charge in [-0.05, 0) is 53.6 Å². The fraction of sp³-hybridized carbons (Fsp3) is 0.222. The Morgan fingerprint density at radius 1 is 0.775 bits per heavy atom. The van der Waals surface area contributed by atoms with Gasteiger partial charge in [0.1, 0.15) is 20.0 Å². The maximum atomic E-state index is 13.5. The van der Waals surface area contributed by atoms with Gasteiger partial charge >= 0.3 is 12.4 Å². The molecule has 0 radical (unpaired) electrons. The number of carbonyl (C=O) groups is 1. The van der Waals surface area contributed by atoms with Crippen LogP contribution in [0.25, 0.3) is 0 Å². The van der Waals surface area contributed by atoms with Gasteiger partial charge in [-0.2, -0.15) is 26.3 Å². The molecule has 214 valence electrons. The van der Waals surface area contributed by atoms with Crippen LogP contribution in [0.2, 0.25) is 0 Å². The number of hydrogen-bond donors (Lipinski definition) is 1. The number of alkyl halides is 6. The van der Waals surface area contributed by atoms with E-state index in [0.717, 1.165) is 11.8 Å². The van der Waals surface area contributed by atoms with E-state index >= 15 is 0 Å². The minimum Gasteiger partial charge on any atom is -0.399 e. The van der Waals surface area contributed by atoms with Gasteiger partial charge < -0.3 is 15.0 Å². The predicted octanol–water partition coefficient (Wildman–Crippen LogP) is 7.15. The summed E-state index contributed by atoms with van der Waals surface area (Å²) in [6.07, 6.45) is -6.51. The third-order valence-electron chi connectivity index (χ3n) is 4.99. The first-order valence-corrected chi connectivity index (χ1v) is 11.4. The molecular weight excluding hydrogens is 547 g/mol. The third-order valence-corrected chi connectivity index (χ3v) is 4.99. The van der Waals surface area contributed by atoms with Crippen molar-refractivity contribution in [2.45, 2.75) is 25.2 Å². The number of amides is 1. The molecule has 0 heterocycles. The summed E-state index contributed by atoms with van der Waals surface area (Å²) in [7, 11) is 2.70. The zero-order valence-corrected chi connectivity index (χ0v) is 21.2. The molecule has 6 nitrogen and oxygen atoms in total. The molecule has 0 spiro atoms. The van der Waals surface area contributed by atoms with E-state index in [1.165, 1.54) is 26.4 Å². The zero-order valence-electron chi connectivity index (χ0n) is 21.2. The number of anilines is 1. The second-order valence-corrected chi connectivity index (χ2v) is 7.89. The Kier molecular flexibility index (Phi) is 11.7. The van der Waals surface area contributed by atoms with E-state index < -0.39 is 35.2 Å². The molecule has 0 atom stereocenters. The minimum absolute atomic E-state index is 0.0220. The van der Waals surface area contributed by atoms with Gasteiger partial charge in [0, 0.05) is 31.0 Å². The summed E-state index contributed by atoms with van der Waals surface area (Å²) in [5.41, 5.74) is -1.18. The first-order chi connectivity index (χ1) is 18.8. The van der Waals surface area contributed by atoms with Crippen molar-refractivity contribution < 1.29 is 45.2 Å². The lowest BCUT2D eigenvalue weighted by Gasteiger charge is -2.13. The molecule has 1 N–H and O–H groups in total. The number of benzene rings is 3. The Bertz CT molecular complexity index is 1270. The van der Waals surface area contributed by atoms with E-state index in [9.17, 15) is 35.5 Å². The molecule has 13 heteroatoms. The number of oxime groups is 2. The van der Waals surface area contributed by atoms with Gasteiger partial charge in [-0.15, -0.1) is 0 Å². The highest BCUT2D eigenvalue weighted by atomic mass is 19.4. The van der Waals surface area contributed by atoms with Crippen LogP contribution in [0.5, 0.6) is 0 Å². The van der Waals surface area contributed by atoms with Gasteiger partial charge in [-0.1, -0.05) is 34.6 Å². The van der Waals surface area contributed by atoms with E-state index in [1.54, 1.807) is 30.5 Å². The van der Waals surface area contributed by atoms with Crippen molar-refractivity contribution in [3.8, 4) is 0 Å². The molecule has 0 fully saturated rings. The van der Waals surface area contributed by atoms with Crippen molar-refractivity contribution in [2.24, 2.45) is 10.3 Å². The van der Waals surface area contributed by atoms with Crippen LogP contribution in [0.4, 0.5) is 36.4 Å². The number of hydrogen-bond acceptors (Lipinski definition) is 5. The zero-order chi connectivity index (χ0) is 29.8. The Morgan fingerprint density at radius 2 is 1.27 bits per heavy atom. The van der Waals surface area contributed by atoms with Crippen LogP contribution in [-0.2, 0) is 34.9 Å². The molecular formula is C27H24F7N3O3. The van der Waals surface area contributed by atoms with Gasteiger partial charge in [-0.25, -0.2) is 4.39 Å². The van der Waals surface area contributed by atoms with Crippen LogP contribution in [0, 0.1) is 5.82 Å². The second-order valence-electron chi connectivity index (χ2n) is 7.89. The van der Waals surface area contributed by atoms with Gasteiger partial charge in [0.05, 0.1) is 16.7 Å². The molecule has 1 amide bonds. The van der Waals surface area contributed by atoms with Crippen LogP contribution in [-0.4, -0.2) is 32.6 Å². The number of rotatable bonds is 8. The van der Waals surface area contributed by atoms with Crippen LogP contribution < -0.4 is 5.32 Å². The summed E-state index contributed by atoms with van der Waals surface area (Å²) in [4.78, 5) is 20.8. The molecule has 0 aliphatic heterocycles. The second kappa shape index (κ2) is 14.7. The highest BCUT2D eigenvalue weighted by Gasteiger charge is 2.36. The van der Waals surface area contributed by atoms with Gasteiger partial charge in [-0.3, -0.25) is 4.79 Å². The largest absolute Gasteiger partial charge is 0.416 e. The molecule has 3 aromatic rings. The van der Waals surface area contributed by atoms with Gasteiger partial charge in [0.2, 0.25) is 0 Å². The van der Waals surface area contributed by atoms with Crippen molar-refractivity contribution >= 4 is 24.0 Å². The van der Waals surface area contributed by atoms with Crippen molar-refractivity contribution in [1.82, 2.24) is 0 Å². The lowest BCUT2D eigenvalue weighted by Crippen LogP contribution is -2.13. The first kappa shape index (κ1) is 31.8. The van der Waals surface area contributed by atoms with E-state index in [2.05, 4.69) is 25.3 Å². The summed E-state index contributed by atoms with van der Waals surface area (Å²) in [5, 5.41) is 9.57. The van der Waals surface area contributed by atoms with E-state index in [0.29, 0.717) is 24.2 Å². The fourth-order valence-corrected chi connectivity index (χ4v) is 3.14. The molecule has 0 unspecified atom stereocenters. The highest BCUT2D eigenvalue weighted by Crippen LogP contribution is 2.36. The Balaban J connectivity index is 0.000000282. The maximum absolute atomic E-state index is 13.5. The van der Waals surface area contributed by atoms with E-state index in [-0.39, 0.29) is 23.6 Å². The van der Waals surface area contributed by atoms with Gasteiger partial charge in [0.25, 0.3) is 5.91 Å². The number of nitrogens with one attached hydrogen (secondary N) is 1. The molecule has 0 bridgehead atoms. The van der Waals surface area contributed by atoms with E-state index in [4.69, 9.17) is 0 Å². The molecule has 0 aromatic heterocycles. The lowest BCUT2D eigenvalue weighted by atomic mass is 10.0. The van der Waals surface area contributed by atoms with E-state index in [1.807, 2.05) is 12.1 Å². The smallest absolute Gasteiger partial charge is 0.399 e. The highest BCUT2D eigenvalue weighted by molar-refractivity contribution is 6.04. The number of halogens is 7. The van der Waals surface area contributed by atoms with Crippen LogP contribution in [0.3, 0.4) is 0 Å². The first-order valence-electron chi connectivity index (χ1n) is 11.4. The standard InChI is InChI=1S/C16H15FN2O2.C11H9F6NO/c1-21-18-11-10-12-6-8-13(9-7-12)19-16(20)14-4-2-3-5-15(14)17;1-19-18-3-2-7-4-8(10(12,13)14)6-9(5-7)11(15,16)17/h2-9,11H,10H2,1H3,(H,19,20);3-6H,2H2,1H3. The van der Waals surface area contributed by atoms with Crippen molar-refractivity contribution in [3.63, 3.8) is 0 Å². The van der Waals surface area contributed by atoms with Gasteiger partial charge in [0.15, 0.2) is 0 Å². The predicted molar refractivity (Wildman–Crippen MR) is 136 cm³/mol. The molecule has 0 aliphatic rings. The summed E-state index contributed by atoms with van der Waals surface area (Å²) in [6, 6.07) is 14.5. The van der Waals surface area contributed by atoms with Crippen molar-refractivity contribution in [2.75, 3.05) is 19.5 Å². The molecule has 40 heavy (non-hydrogen) atoms. The third kappa shape index (κ3) is 10.4. The monoisotopic (exact) mass is 571 g/mol. The van der Waals surface area contributed by atoms with Crippen LogP contribution >= 0.6 is 0 Å². The quantitative estimate of drug-likeness (QED) is 0.177. The molecule has 3 aromatic carbocycles. The Morgan fingerprint density at radius 3 is 1.75 bits per heavy atom. The van der Waals surface area contributed by atoms with Crippen molar-refractivity contribution in [1.29, 1.82) is 0 Å². The topological polar surface area (TPSA) is 72.3 Å². The average molecular weight is 571 g/mol. The van der Waals surface area contributed by atoms with Crippen LogP contribution in [0.1, 0.15) is 32.6 Å². The molecule has 0 saturated heterocycles. The molecule has 0 aliphatic carbocycles. The Hall–Kier alpha value is -4.42. The lowest BCUT2D eigenvalue weighted by molar-refractivity contribution is -0.143. The summed E-state index contributed by atoms with van der Waals surface area (Å²) >= 11 is 0. The maximum Gasteiger partial charge on any atom is 0.416 e. The normalized spacial score (nSPS) is 11.7. The SMILES string of the molecule is CON=CCc1cc(C(F)(F)F)cc(C(F)(F)F)c1.CON=CCc1ccc(NC(=O)c2ccccc2F)cc1. The number of carbonyl (C=O) groups excluding carboxylic acids is 1. The molecule has 3 rings (SSSR count). The van der Waals surface area contributed by atoms with Crippen LogP contribution in [0.15, 0.2) is 77.0 Å². The summed E-state index contributed by atoms with van der Waals surface area (Å²) < 4.78 is 88.5. The van der Waals surface area contributed by atoms with Crippen molar-refractivity contribution in [3.05, 3.63) is 100 Å². The minimum atomic E-state index is -4.84. The summed E-state index contributed by atoms with van der Waals surface area (Å²) in [6.45, 7) is 0. The summed E-state index contributed by atoms with van der Waals surface area (Å²) in [5.74, 6) is -1.01. The Labute approximate surface area is 225 Å². The fourth-order valence-electron chi connectivity index (χ4n) is 3.14. The number of nitrogens with zero attached hydrogens (tertiary/aromatic N) is 2.